The molecule has 3 atom stereocenters. The quantitative estimate of drug-likeness (QED) is 0.629. The van der Waals surface area contributed by atoms with E-state index in [2.05, 4.69) is 32.7 Å². The molecule has 1 aliphatic heterocycles. The summed E-state index contributed by atoms with van der Waals surface area (Å²) in [6, 6.07) is 0.631. The van der Waals surface area contributed by atoms with Gasteiger partial charge in [0.25, 0.3) is 0 Å². The van der Waals surface area contributed by atoms with Gasteiger partial charge in [-0.25, -0.2) is 0 Å². The smallest absolute Gasteiger partial charge is 0.0705 e. The van der Waals surface area contributed by atoms with E-state index in [1.165, 1.54) is 12.8 Å². The summed E-state index contributed by atoms with van der Waals surface area (Å²) in [6.45, 7) is 7.67. The van der Waals surface area contributed by atoms with Gasteiger partial charge in [0.05, 0.1) is 12.2 Å². The maximum absolute atomic E-state index is 5.78. The van der Waals surface area contributed by atoms with E-state index in [0.717, 1.165) is 6.54 Å². The van der Waals surface area contributed by atoms with Gasteiger partial charge in [-0.1, -0.05) is 6.92 Å². The highest BCUT2D eigenvalue weighted by Gasteiger charge is 2.27. The van der Waals surface area contributed by atoms with Crippen LogP contribution in [0.25, 0.3) is 0 Å². The van der Waals surface area contributed by atoms with Crippen molar-refractivity contribution >= 4 is 0 Å². The molecule has 0 amide bonds. The van der Waals surface area contributed by atoms with Gasteiger partial charge in [0, 0.05) is 6.04 Å². The van der Waals surface area contributed by atoms with Gasteiger partial charge in [-0.05, 0) is 40.3 Å². The predicted molar refractivity (Wildman–Crippen MR) is 51.3 cm³/mol. The topological polar surface area (TPSA) is 12.5 Å². The van der Waals surface area contributed by atoms with E-state index in [1.54, 1.807) is 0 Å². The Hall–Kier alpha value is -0.0800. The molecule has 1 aliphatic rings. The summed E-state index contributed by atoms with van der Waals surface area (Å²) in [6.07, 6.45) is 3.35. The Morgan fingerprint density at radius 1 is 1.33 bits per heavy atom. The monoisotopic (exact) mass is 171 g/mol. The molecular formula is C10H21NO. The summed E-state index contributed by atoms with van der Waals surface area (Å²) in [7, 11) is 2.18. The van der Waals surface area contributed by atoms with Crippen LogP contribution in [0.2, 0.25) is 0 Å². The molecular weight excluding hydrogens is 150 g/mol. The van der Waals surface area contributed by atoms with Crippen LogP contribution in [0, 0.1) is 0 Å². The maximum Gasteiger partial charge on any atom is 0.0705 e. The van der Waals surface area contributed by atoms with Gasteiger partial charge in [-0.2, -0.15) is 0 Å². The van der Waals surface area contributed by atoms with Crippen molar-refractivity contribution in [3.63, 3.8) is 0 Å². The lowest BCUT2D eigenvalue weighted by molar-refractivity contribution is -0.0758. The third-order valence-corrected chi connectivity index (χ3v) is 2.92. The van der Waals surface area contributed by atoms with E-state index in [1.807, 2.05) is 0 Å². The fourth-order valence-electron chi connectivity index (χ4n) is 1.98. The van der Waals surface area contributed by atoms with Crippen LogP contribution in [0.1, 0.15) is 33.6 Å². The fourth-order valence-corrected chi connectivity index (χ4v) is 1.98. The normalized spacial score (nSPS) is 37.2. The van der Waals surface area contributed by atoms with Crippen LogP contribution < -0.4 is 0 Å². The summed E-state index contributed by atoms with van der Waals surface area (Å²) < 4.78 is 5.78. The zero-order chi connectivity index (χ0) is 9.14. The molecule has 0 aliphatic carbocycles. The Bertz CT molecular complexity index is 138. The predicted octanol–water partition coefficient (Wildman–Crippen LogP) is 1.89. The zero-order valence-electron chi connectivity index (χ0n) is 8.71. The van der Waals surface area contributed by atoms with Crippen molar-refractivity contribution in [1.82, 2.24) is 4.90 Å². The molecule has 72 valence electrons. The highest BCUT2D eigenvalue weighted by atomic mass is 16.5. The molecule has 1 fully saturated rings. The van der Waals surface area contributed by atoms with Crippen LogP contribution in [-0.4, -0.2) is 36.7 Å². The average molecular weight is 171 g/mol. The second-order valence-corrected chi connectivity index (χ2v) is 3.87. The van der Waals surface area contributed by atoms with Crippen molar-refractivity contribution < 1.29 is 4.74 Å². The second kappa shape index (κ2) is 4.24. The molecule has 0 bridgehead atoms. The molecule has 0 spiro atoms. The van der Waals surface area contributed by atoms with Crippen molar-refractivity contribution in [1.29, 1.82) is 0 Å². The minimum absolute atomic E-state index is 0.402. The van der Waals surface area contributed by atoms with Crippen LogP contribution in [0.15, 0.2) is 0 Å². The molecule has 0 N–H and O–H groups in total. The first-order valence-corrected chi connectivity index (χ1v) is 5.00. The van der Waals surface area contributed by atoms with Gasteiger partial charge >= 0.3 is 0 Å². The molecule has 0 aromatic rings. The standard InChI is InChI=1S/C10H21NO/c1-5-11(4)10-7-6-8(2)12-9(10)3/h8-10H,5-7H2,1-4H3/t8-,9+,10-/m0/s1. The lowest BCUT2D eigenvalue weighted by Gasteiger charge is -2.38. The van der Waals surface area contributed by atoms with E-state index in [9.17, 15) is 0 Å². The average Bonchev–Trinajstić information content (AvgIpc) is 2.03. The molecule has 12 heavy (non-hydrogen) atoms. The number of ether oxygens (including phenoxy) is 1. The lowest BCUT2D eigenvalue weighted by atomic mass is 9.99. The third kappa shape index (κ3) is 2.20. The number of nitrogens with zero attached hydrogens (tertiary/aromatic N) is 1. The van der Waals surface area contributed by atoms with Crippen molar-refractivity contribution in [2.75, 3.05) is 13.6 Å². The highest BCUT2D eigenvalue weighted by molar-refractivity contribution is 4.80. The van der Waals surface area contributed by atoms with Crippen LogP contribution in [0.3, 0.4) is 0 Å². The summed E-state index contributed by atoms with van der Waals surface area (Å²) in [5.41, 5.74) is 0. The van der Waals surface area contributed by atoms with E-state index >= 15 is 0 Å². The number of hydrogen-bond donors (Lipinski definition) is 0. The summed E-state index contributed by atoms with van der Waals surface area (Å²) in [5.74, 6) is 0. The van der Waals surface area contributed by atoms with Crippen molar-refractivity contribution in [2.24, 2.45) is 0 Å². The molecule has 0 radical (unpaired) electrons. The van der Waals surface area contributed by atoms with E-state index in [0.29, 0.717) is 18.2 Å². The Balaban J connectivity index is 2.44. The molecule has 1 saturated heterocycles. The van der Waals surface area contributed by atoms with Crippen LogP contribution in [-0.2, 0) is 4.74 Å². The molecule has 1 rings (SSSR count). The zero-order valence-corrected chi connectivity index (χ0v) is 8.71. The van der Waals surface area contributed by atoms with Gasteiger partial charge in [0.1, 0.15) is 0 Å². The first kappa shape index (κ1) is 10.0. The molecule has 1 heterocycles. The van der Waals surface area contributed by atoms with Crippen molar-refractivity contribution in [3.05, 3.63) is 0 Å². The van der Waals surface area contributed by atoms with Crippen LogP contribution >= 0.6 is 0 Å². The fraction of sp³-hybridized carbons (Fsp3) is 1.00. The Morgan fingerprint density at radius 3 is 2.50 bits per heavy atom. The van der Waals surface area contributed by atoms with Gasteiger partial charge < -0.3 is 9.64 Å². The van der Waals surface area contributed by atoms with Gasteiger partial charge in [0.15, 0.2) is 0 Å². The third-order valence-electron chi connectivity index (χ3n) is 2.92. The van der Waals surface area contributed by atoms with Crippen molar-refractivity contribution in [2.45, 2.75) is 51.9 Å². The van der Waals surface area contributed by atoms with Crippen molar-refractivity contribution in [3.8, 4) is 0 Å². The lowest BCUT2D eigenvalue weighted by Crippen LogP contribution is -2.45. The molecule has 0 saturated carbocycles. The van der Waals surface area contributed by atoms with Gasteiger partial charge in [-0.15, -0.1) is 0 Å². The first-order chi connectivity index (χ1) is 5.65. The summed E-state index contributed by atoms with van der Waals surface area (Å²) >= 11 is 0. The molecule has 0 unspecified atom stereocenters. The van der Waals surface area contributed by atoms with Crippen LogP contribution in [0.4, 0.5) is 0 Å². The molecule has 2 heteroatoms. The number of hydrogen-bond acceptors (Lipinski definition) is 2. The van der Waals surface area contributed by atoms with E-state index in [-0.39, 0.29) is 0 Å². The largest absolute Gasteiger partial charge is 0.374 e. The SMILES string of the molecule is CCN(C)[C@H]1CC[C@H](C)O[C@@H]1C. The Labute approximate surface area is 75.9 Å². The van der Waals surface area contributed by atoms with E-state index < -0.39 is 0 Å². The maximum atomic E-state index is 5.78. The van der Waals surface area contributed by atoms with Gasteiger partial charge in [0.2, 0.25) is 0 Å². The molecule has 2 nitrogen and oxygen atoms in total. The summed E-state index contributed by atoms with van der Waals surface area (Å²) in [4.78, 5) is 2.39. The minimum Gasteiger partial charge on any atom is -0.374 e. The minimum atomic E-state index is 0.402. The van der Waals surface area contributed by atoms with Gasteiger partial charge in [-0.3, -0.25) is 0 Å². The molecule has 0 aromatic carbocycles. The second-order valence-electron chi connectivity index (χ2n) is 3.87. The highest BCUT2D eigenvalue weighted by Crippen LogP contribution is 2.22. The first-order valence-electron chi connectivity index (χ1n) is 5.00. The molecule has 0 aromatic heterocycles. The summed E-state index contributed by atoms with van der Waals surface area (Å²) in [5, 5.41) is 0. The number of rotatable bonds is 2. The van der Waals surface area contributed by atoms with Crippen LogP contribution in [0.5, 0.6) is 0 Å². The number of likely N-dealkylation sites (N-methyl/N-ethyl adjacent to an activating group) is 1. The van der Waals surface area contributed by atoms with E-state index in [4.69, 9.17) is 4.74 Å². The Morgan fingerprint density at radius 2 is 2.00 bits per heavy atom. The Kier molecular flexibility index (Phi) is 3.53.